The lowest BCUT2D eigenvalue weighted by atomic mass is 9.79. The third-order valence-corrected chi connectivity index (χ3v) is 7.08. The van der Waals surface area contributed by atoms with Crippen LogP contribution in [0.15, 0.2) is 36.7 Å². The molecule has 0 radical (unpaired) electrons. The summed E-state index contributed by atoms with van der Waals surface area (Å²) in [6, 6.07) is 10.2. The number of β-amino-alcohol motifs (C(OH)–C–C–N with tert-alkyl or cyclic N) is 1. The minimum absolute atomic E-state index is 0.0947. The molecule has 5 rings (SSSR count). The van der Waals surface area contributed by atoms with E-state index in [4.69, 9.17) is 0 Å². The summed E-state index contributed by atoms with van der Waals surface area (Å²) in [5.41, 5.74) is 2.92. The van der Waals surface area contributed by atoms with Crippen LogP contribution in [0.3, 0.4) is 0 Å². The third kappa shape index (κ3) is 5.20. The van der Waals surface area contributed by atoms with Crippen LogP contribution in [0.25, 0.3) is 0 Å². The lowest BCUT2D eigenvalue weighted by Crippen LogP contribution is -2.50. The molecule has 1 aromatic carbocycles. The van der Waals surface area contributed by atoms with Crippen molar-refractivity contribution in [1.82, 2.24) is 25.1 Å². The van der Waals surface area contributed by atoms with Gasteiger partial charge in [0.2, 0.25) is 5.91 Å². The first-order valence-corrected chi connectivity index (χ1v) is 12.2. The second-order valence-electron chi connectivity index (χ2n) is 9.59. The fourth-order valence-corrected chi connectivity index (χ4v) is 4.88. The van der Waals surface area contributed by atoms with Crippen molar-refractivity contribution in [3.63, 3.8) is 0 Å². The number of nitrogens with zero attached hydrogens (tertiary/aromatic N) is 4. The highest BCUT2D eigenvalue weighted by Crippen LogP contribution is 2.32. The molecule has 34 heavy (non-hydrogen) atoms. The Morgan fingerprint density at radius 3 is 2.68 bits per heavy atom. The van der Waals surface area contributed by atoms with Crippen LogP contribution < -0.4 is 10.6 Å². The van der Waals surface area contributed by atoms with E-state index >= 15 is 0 Å². The average Bonchev–Trinajstić information content (AvgIpc) is 2.78. The van der Waals surface area contributed by atoms with Gasteiger partial charge in [0, 0.05) is 57.3 Å². The fourth-order valence-electron chi connectivity index (χ4n) is 4.88. The molecule has 1 saturated carbocycles. The minimum atomic E-state index is -0.663. The van der Waals surface area contributed by atoms with Crippen LogP contribution in [0, 0.1) is 5.92 Å². The number of carbonyl (C=O) groups excluding carboxylic acids is 2. The van der Waals surface area contributed by atoms with E-state index in [1.807, 2.05) is 11.0 Å². The summed E-state index contributed by atoms with van der Waals surface area (Å²) in [5, 5.41) is 16.5. The Morgan fingerprint density at radius 1 is 1.12 bits per heavy atom. The van der Waals surface area contributed by atoms with E-state index in [9.17, 15) is 14.7 Å². The zero-order valence-corrected chi connectivity index (χ0v) is 19.3. The van der Waals surface area contributed by atoms with Crippen molar-refractivity contribution in [2.75, 3.05) is 38.0 Å². The molecule has 2 fully saturated rings. The summed E-state index contributed by atoms with van der Waals surface area (Å²) in [5.74, 6) is 0.595. The zero-order chi connectivity index (χ0) is 23.5. The minimum Gasteiger partial charge on any atom is -0.390 e. The number of nitrogens with one attached hydrogen (secondary N) is 2. The van der Waals surface area contributed by atoms with Crippen LogP contribution in [-0.2, 0) is 17.8 Å². The number of likely N-dealkylation sites (tertiary alicyclic amines) is 1. The molecule has 9 heteroatoms. The molecule has 3 N–H and O–H groups in total. The maximum atomic E-state index is 12.6. The molecule has 1 saturated heterocycles. The van der Waals surface area contributed by atoms with Gasteiger partial charge in [0.25, 0.3) is 5.91 Å². The van der Waals surface area contributed by atoms with E-state index in [-0.39, 0.29) is 36.0 Å². The molecule has 1 aromatic heterocycles. The number of hydrogen-bond donors (Lipinski definition) is 3. The molecule has 2 aliphatic heterocycles. The van der Waals surface area contributed by atoms with Gasteiger partial charge in [-0.15, -0.1) is 0 Å². The number of carbonyl (C=O) groups is 2. The highest BCUT2D eigenvalue weighted by Gasteiger charge is 2.38. The van der Waals surface area contributed by atoms with Gasteiger partial charge in [0.15, 0.2) is 0 Å². The summed E-state index contributed by atoms with van der Waals surface area (Å²) < 4.78 is 0. The fraction of sp³-hybridized carbons (Fsp3) is 0.520. The number of aliphatic hydroxyl groups excluding tert-OH is 1. The van der Waals surface area contributed by atoms with Gasteiger partial charge in [-0.05, 0) is 36.8 Å². The van der Waals surface area contributed by atoms with Crippen LogP contribution >= 0.6 is 0 Å². The van der Waals surface area contributed by atoms with Gasteiger partial charge in [0.05, 0.1) is 6.10 Å². The summed E-state index contributed by atoms with van der Waals surface area (Å²) in [6.45, 7) is 4.15. The Morgan fingerprint density at radius 2 is 1.91 bits per heavy atom. The first-order valence-electron chi connectivity index (χ1n) is 12.2. The molecule has 2 amide bonds. The van der Waals surface area contributed by atoms with Crippen LogP contribution in [-0.4, -0.2) is 81.6 Å². The molecule has 3 aliphatic rings. The monoisotopic (exact) mass is 464 g/mol. The molecule has 180 valence electrons. The summed E-state index contributed by atoms with van der Waals surface area (Å²) >= 11 is 0. The second kappa shape index (κ2) is 10.1. The Hall–Kier alpha value is -3.04. The molecule has 0 spiro atoms. The first-order chi connectivity index (χ1) is 16.5. The number of aliphatic hydroxyl groups is 1. The SMILES string of the molecule is O=C(NCC(O)CN1CCc2ccccc2C1)c1cc(NC2CC(C(=O)N3CCC3)C2)ncn1. The molecule has 1 unspecified atom stereocenters. The van der Waals surface area contributed by atoms with Crippen molar-refractivity contribution in [1.29, 1.82) is 0 Å². The first kappa shape index (κ1) is 22.7. The van der Waals surface area contributed by atoms with E-state index in [2.05, 4.69) is 43.7 Å². The van der Waals surface area contributed by atoms with E-state index in [1.54, 1.807) is 6.07 Å². The molecule has 0 bridgehead atoms. The van der Waals surface area contributed by atoms with Crippen molar-refractivity contribution in [3.8, 4) is 0 Å². The second-order valence-corrected chi connectivity index (χ2v) is 9.59. The van der Waals surface area contributed by atoms with Gasteiger partial charge in [0.1, 0.15) is 17.8 Å². The molecular weight excluding hydrogens is 432 g/mol. The highest BCUT2D eigenvalue weighted by molar-refractivity contribution is 5.92. The summed E-state index contributed by atoms with van der Waals surface area (Å²) in [6.07, 6.45) is 4.35. The van der Waals surface area contributed by atoms with Gasteiger partial charge in [-0.2, -0.15) is 0 Å². The van der Waals surface area contributed by atoms with Gasteiger partial charge >= 0.3 is 0 Å². The number of benzene rings is 1. The van der Waals surface area contributed by atoms with Crippen molar-refractivity contribution in [2.45, 2.75) is 44.4 Å². The molecule has 9 nitrogen and oxygen atoms in total. The summed E-state index contributed by atoms with van der Waals surface area (Å²) in [7, 11) is 0. The van der Waals surface area contributed by atoms with E-state index in [0.717, 1.165) is 51.9 Å². The van der Waals surface area contributed by atoms with E-state index in [0.29, 0.717) is 12.4 Å². The normalized spacial score (nSPS) is 22.7. The Balaban J connectivity index is 1.06. The van der Waals surface area contributed by atoms with Gasteiger partial charge in [-0.3, -0.25) is 14.5 Å². The Bertz CT molecular complexity index is 1040. The maximum absolute atomic E-state index is 12.6. The number of amides is 2. The number of rotatable bonds is 8. The highest BCUT2D eigenvalue weighted by atomic mass is 16.3. The van der Waals surface area contributed by atoms with Crippen molar-refractivity contribution in [3.05, 3.63) is 53.5 Å². The topological polar surface area (TPSA) is 111 Å². The van der Waals surface area contributed by atoms with Crippen LogP contribution in [0.1, 0.15) is 40.9 Å². The van der Waals surface area contributed by atoms with Gasteiger partial charge in [-0.25, -0.2) is 9.97 Å². The lowest BCUT2D eigenvalue weighted by molar-refractivity contribution is -0.142. The number of hydrogen-bond acceptors (Lipinski definition) is 7. The number of aromatic nitrogens is 2. The summed E-state index contributed by atoms with van der Waals surface area (Å²) in [4.78, 5) is 37.3. The Kier molecular flexibility index (Phi) is 6.73. The van der Waals surface area contributed by atoms with Crippen LogP contribution in [0.2, 0.25) is 0 Å². The largest absolute Gasteiger partial charge is 0.390 e. The van der Waals surface area contributed by atoms with Crippen LogP contribution in [0.5, 0.6) is 0 Å². The van der Waals surface area contributed by atoms with E-state index in [1.165, 1.54) is 17.5 Å². The third-order valence-electron chi connectivity index (χ3n) is 7.08. The van der Waals surface area contributed by atoms with Crippen molar-refractivity contribution >= 4 is 17.6 Å². The van der Waals surface area contributed by atoms with Crippen LogP contribution in [0.4, 0.5) is 5.82 Å². The average molecular weight is 465 g/mol. The quantitative estimate of drug-likeness (QED) is 0.536. The van der Waals surface area contributed by atoms with E-state index < -0.39 is 6.10 Å². The molecule has 3 heterocycles. The van der Waals surface area contributed by atoms with Gasteiger partial charge in [-0.1, -0.05) is 24.3 Å². The molecule has 2 aromatic rings. The zero-order valence-electron chi connectivity index (χ0n) is 19.3. The number of anilines is 1. The predicted octanol–water partition coefficient (Wildman–Crippen LogP) is 1.05. The van der Waals surface area contributed by atoms with Crippen molar-refractivity contribution < 1.29 is 14.7 Å². The standard InChI is InChI=1S/C25H32N6O3/c32-21(15-30-9-6-17-4-1-2-5-18(17)14-30)13-26-24(33)22-12-23(28-16-27-22)29-20-10-19(11-20)25(34)31-7-3-8-31/h1-2,4-5,12,16,19-21,32H,3,6-11,13-15H2,(H,26,33)(H,27,28,29). The van der Waals surface area contributed by atoms with Crippen molar-refractivity contribution in [2.24, 2.45) is 5.92 Å². The molecular formula is C25H32N6O3. The van der Waals surface area contributed by atoms with Gasteiger partial charge < -0.3 is 20.6 Å². The molecule has 1 aliphatic carbocycles. The molecule has 1 atom stereocenters. The number of fused-ring (bicyclic) bond motifs is 1. The maximum Gasteiger partial charge on any atom is 0.270 e. The predicted molar refractivity (Wildman–Crippen MR) is 127 cm³/mol. The smallest absolute Gasteiger partial charge is 0.270 e. The Labute approximate surface area is 199 Å². The lowest BCUT2D eigenvalue weighted by Gasteiger charge is -2.41.